The number of benzene rings is 3. The van der Waals surface area contributed by atoms with Crippen LogP contribution in [0.3, 0.4) is 0 Å². The predicted molar refractivity (Wildman–Crippen MR) is 135 cm³/mol. The average molecular weight is 454 g/mol. The van der Waals surface area contributed by atoms with Crippen molar-refractivity contribution in [1.82, 2.24) is 14.8 Å². The molecule has 0 saturated carbocycles. The van der Waals surface area contributed by atoms with Gasteiger partial charge in [-0.2, -0.15) is 0 Å². The van der Waals surface area contributed by atoms with Crippen LogP contribution in [-0.2, 0) is 6.54 Å². The second-order valence-corrected chi connectivity index (χ2v) is 8.61. The van der Waals surface area contributed by atoms with E-state index < -0.39 is 0 Å². The molecular formula is C29H31N3O2. The molecule has 5 nitrogen and oxygen atoms in total. The molecule has 0 radical (unpaired) electrons. The lowest BCUT2D eigenvalue weighted by atomic mass is 9.96. The fourth-order valence-electron chi connectivity index (χ4n) is 4.72. The standard InChI is InChI=1S/C29H31N3O2/c1-2-33-27-16-10-9-15-26(27)29-30-25(22-34-29)21-31-17-19-32(20-18-31)28(23-11-5-3-6-12-23)24-13-7-4-8-14-24/h3-16,22,28H,2,17-21H2,1H3. The summed E-state index contributed by atoms with van der Waals surface area (Å²) in [6.45, 7) is 7.38. The molecule has 174 valence electrons. The highest BCUT2D eigenvalue weighted by Gasteiger charge is 2.26. The first kappa shape index (κ1) is 22.4. The van der Waals surface area contributed by atoms with Gasteiger partial charge in [-0.25, -0.2) is 4.98 Å². The molecule has 1 aliphatic heterocycles. The Morgan fingerprint density at radius 1 is 0.824 bits per heavy atom. The molecule has 34 heavy (non-hydrogen) atoms. The molecule has 0 amide bonds. The maximum atomic E-state index is 5.83. The minimum atomic E-state index is 0.276. The third-order valence-electron chi connectivity index (χ3n) is 6.36. The Hall–Kier alpha value is -3.41. The van der Waals surface area contributed by atoms with Crippen LogP contribution in [0.2, 0.25) is 0 Å². The fraction of sp³-hybridized carbons (Fsp3) is 0.276. The molecule has 1 fully saturated rings. The van der Waals surface area contributed by atoms with Crippen LogP contribution in [0.1, 0.15) is 29.8 Å². The lowest BCUT2D eigenvalue weighted by Gasteiger charge is -2.39. The smallest absolute Gasteiger partial charge is 0.229 e. The van der Waals surface area contributed by atoms with Crippen LogP contribution >= 0.6 is 0 Å². The number of para-hydroxylation sites is 1. The molecule has 0 bridgehead atoms. The fourth-order valence-corrected chi connectivity index (χ4v) is 4.72. The minimum absolute atomic E-state index is 0.276. The van der Waals surface area contributed by atoms with Gasteiger partial charge in [0.15, 0.2) is 0 Å². The van der Waals surface area contributed by atoms with Crippen molar-refractivity contribution in [2.45, 2.75) is 19.5 Å². The minimum Gasteiger partial charge on any atom is -0.493 e. The first-order valence-electron chi connectivity index (χ1n) is 12.0. The van der Waals surface area contributed by atoms with Crippen LogP contribution in [0.25, 0.3) is 11.5 Å². The summed E-state index contributed by atoms with van der Waals surface area (Å²) < 4.78 is 11.6. The SMILES string of the molecule is CCOc1ccccc1-c1nc(CN2CCN(C(c3ccccc3)c3ccccc3)CC2)co1. The van der Waals surface area contributed by atoms with Gasteiger partial charge in [-0.1, -0.05) is 72.8 Å². The maximum Gasteiger partial charge on any atom is 0.229 e. The molecule has 0 aliphatic carbocycles. The van der Waals surface area contributed by atoms with Crippen molar-refractivity contribution in [3.8, 4) is 17.2 Å². The molecule has 0 atom stereocenters. The summed E-state index contributed by atoms with van der Waals surface area (Å²) in [6, 6.07) is 29.8. The van der Waals surface area contributed by atoms with Crippen LogP contribution < -0.4 is 4.74 Å². The summed E-state index contributed by atoms with van der Waals surface area (Å²) >= 11 is 0. The molecule has 1 aliphatic rings. The van der Waals surface area contributed by atoms with Crippen molar-refractivity contribution < 1.29 is 9.15 Å². The van der Waals surface area contributed by atoms with Crippen LogP contribution in [0.5, 0.6) is 5.75 Å². The zero-order chi connectivity index (χ0) is 23.2. The van der Waals surface area contributed by atoms with E-state index in [9.17, 15) is 0 Å². The Balaban J connectivity index is 1.25. The van der Waals surface area contributed by atoms with E-state index in [1.165, 1.54) is 11.1 Å². The number of rotatable bonds is 8. The molecular weight excluding hydrogens is 422 g/mol. The number of hydrogen-bond donors (Lipinski definition) is 0. The van der Waals surface area contributed by atoms with Gasteiger partial charge in [-0.3, -0.25) is 9.80 Å². The van der Waals surface area contributed by atoms with E-state index in [1.54, 1.807) is 6.26 Å². The van der Waals surface area contributed by atoms with Crippen LogP contribution in [0.15, 0.2) is 95.6 Å². The van der Waals surface area contributed by atoms with Crippen LogP contribution in [0, 0.1) is 0 Å². The van der Waals surface area contributed by atoms with Gasteiger partial charge < -0.3 is 9.15 Å². The zero-order valence-electron chi connectivity index (χ0n) is 19.6. The molecule has 1 aromatic heterocycles. The lowest BCUT2D eigenvalue weighted by molar-refractivity contribution is 0.104. The van der Waals surface area contributed by atoms with Gasteiger partial charge in [0, 0.05) is 32.7 Å². The van der Waals surface area contributed by atoms with Crippen molar-refractivity contribution in [1.29, 1.82) is 0 Å². The van der Waals surface area contributed by atoms with Gasteiger partial charge in [-0.05, 0) is 30.2 Å². The summed E-state index contributed by atoms with van der Waals surface area (Å²) in [5.74, 6) is 1.42. The molecule has 2 heterocycles. The Bertz CT molecular complexity index is 1130. The Labute approximate surface area is 201 Å². The molecule has 0 unspecified atom stereocenters. The molecule has 0 N–H and O–H groups in total. The highest BCUT2D eigenvalue weighted by Crippen LogP contribution is 2.31. The Morgan fingerprint density at radius 3 is 2.09 bits per heavy atom. The Kier molecular flexibility index (Phi) is 7.03. The number of aromatic nitrogens is 1. The van der Waals surface area contributed by atoms with Gasteiger partial charge in [0.25, 0.3) is 0 Å². The van der Waals surface area contributed by atoms with Crippen LogP contribution in [0.4, 0.5) is 0 Å². The number of piperazine rings is 1. The van der Waals surface area contributed by atoms with E-state index in [-0.39, 0.29) is 6.04 Å². The van der Waals surface area contributed by atoms with Crippen molar-refractivity contribution in [2.24, 2.45) is 0 Å². The largest absolute Gasteiger partial charge is 0.493 e. The summed E-state index contributed by atoms with van der Waals surface area (Å²) in [4.78, 5) is 9.81. The van der Waals surface area contributed by atoms with E-state index in [0.29, 0.717) is 12.5 Å². The van der Waals surface area contributed by atoms with E-state index in [4.69, 9.17) is 14.1 Å². The topological polar surface area (TPSA) is 41.7 Å². The average Bonchev–Trinajstić information content (AvgIpc) is 3.35. The van der Waals surface area contributed by atoms with E-state index in [2.05, 4.69) is 70.5 Å². The van der Waals surface area contributed by atoms with Gasteiger partial charge in [-0.15, -0.1) is 0 Å². The first-order chi connectivity index (χ1) is 16.8. The van der Waals surface area contributed by atoms with Crippen molar-refractivity contribution in [2.75, 3.05) is 32.8 Å². The second kappa shape index (κ2) is 10.7. The molecule has 5 rings (SSSR count). The van der Waals surface area contributed by atoms with E-state index in [0.717, 1.165) is 49.7 Å². The highest BCUT2D eigenvalue weighted by molar-refractivity contribution is 5.62. The predicted octanol–water partition coefficient (Wildman–Crippen LogP) is 5.65. The van der Waals surface area contributed by atoms with Crippen molar-refractivity contribution in [3.63, 3.8) is 0 Å². The summed E-state index contributed by atoms with van der Waals surface area (Å²) in [6.07, 6.45) is 1.78. The number of nitrogens with zero attached hydrogens (tertiary/aromatic N) is 3. The normalized spacial score (nSPS) is 15.0. The van der Waals surface area contributed by atoms with Gasteiger partial charge >= 0.3 is 0 Å². The van der Waals surface area contributed by atoms with Gasteiger partial charge in [0.1, 0.15) is 12.0 Å². The summed E-state index contributed by atoms with van der Waals surface area (Å²) in [5, 5.41) is 0. The molecule has 0 spiro atoms. The van der Waals surface area contributed by atoms with Crippen molar-refractivity contribution in [3.05, 3.63) is 108 Å². The Morgan fingerprint density at radius 2 is 1.44 bits per heavy atom. The summed E-state index contributed by atoms with van der Waals surface area (Å²) in [5.41, 5.74) is 4.54. The third-order valence-corrected chi connectivity index (χ3v) is 6.36. The number of hydrogen-bond acceptors (Lipinski definition) is 5. The zero-order valence-corrected chi connectivity index (χ0v) is 19.6. The van der Waals surface area contributed by atoms with Gasteiger partial charge in [0.2, 0.25) is 5.89 Å². The second-order valence-electron chi connectivity index (χ2n) is 8.61. The quantitative estimate of drug-likeness (QED) is 0.345. The number of oxazole rings is 1. The lowest BCUT2D eigenvalue weighted by Crippen LogP contribution is -2.47. The number of ether oxygens (including phenoxy) is 1. The van der Waals surface area contributed by atoms with E-state index >= 15 is 0 Å². The summed E-state index contributed by atoms with van der Waals surface area (Å²) in [7, 11) is 0. The molecule has 3 aromatic carbocycles. The first-order valence-corrected chi connectivity index (χ1v) is 12.0. The van der Waals surface area contributed by atoms with Crippen molar-refractivity contribution >= 4 is 0 Å². The maximum absolute atomic E-state index is 5.83. The highest BCUT2D eigenvalue weighted by atomic mass is 16.5. The van der Waals surface area contributed by atoms with Gasteiger partial charge in [0.05, 0.1) is 23.9 Å². The van der Waals surface area contributed by atoms with E-state index in [1.807, 2.05) is 31.2 Å². The monoisotopic (exact) mass is 453 g/mol. The van der Waals surface area contributed by atoms with Crippen LogP contribution in [-0.4, -0.2) is 47.6 Å². The molecule has 4 aromatic rings. The molecule has 5 heteroatoms. The molecule has 1 saturated heterocycles. The third kappa shape index (κ3) is 5.06.